The van der Waals surface area contributed by atoms with Crippen molar-refractivity contribution in [2.24, 2.45) is 22.1 Å². The molecule has 3 nitrogen and oxygen atoms in total. The van der Waals surface area contributed by atoms with E-state index in [0.29, 0.717) is 12.3 Å². The molecule has 1 atom stereocenters. The van der Waals surface area contributed by atoms with E-state index < -0.39 is 11.6 Å². The van der Waals surface area contributed by atoms with E-state index in [4.69, 9.17) is 5.73 Å². The first kappa shape index (κ1) is 14.5. The van der Waals surface area contributed by atoms with E-state index in [1.807, 2.05) is 4.90 Å². The molecule has 1 aliphatic heterocycles. The Morgan fingerprint density at radius 1 is 1.37 bits per heavy atom. The Morgan fingerprint density at radius 3 is 2.53 bits per heavy atom. The number of hydrogen-bond acceptors (Lipinski definition) is 1. The van der Waals surface area contributed by atoms with Crippen LogP contribution < -0.4 is 5.73 Å². The highest BCUT2D eigenvalue weighted by Gasteiger charge is 2.58. The minimum absolute atomic E-state index is 0.184. The van der Waals surface area contributed by atoms with E-state index in [1.165, 1.54) is 0 Å². The van der Waals surface area contributed by atoms with E-state index in [0.717, 1.165) is 25.9 Å². The van der Waals surface area contributed by atoms with Crippen LogP contribution in [0.3, 0.4) is 0 Å². The monoisotopic (exact) mass is 277 g/mol. The lowest BCUT2D eigenvalue weighted by Crippen LogP contribution is -2.48. The molecule has 0 aromatic rings. The summed E-state index contributed by atoms with van der Waals surface area (Å²) in [5.41, 5.74) is 4.24. The van der Waals surface area contributed by atoms with Gasteiger partial charge in [0.05, 0.1) is 12.0 Å². The first-order valence-electron chi connectivity index (χ1n) is 6.96. The molecule has 0 amide bonds. The van der Waals surface area contributed by atoms with Crippen molar-refractivity contribution in [3.05, 3.63) is 0 Å². The molecule has 1 unspecified atom stereocenters. The smallest absolute Gasteiger partial charge is 0.370 e. The number of aliphatic imine (C=N–C) groups is 1. The summed E-state index contributed by atoms with van der Waals surface area (Å²) in [6.45, 7) is 3.52. The summed E-state index contributed by atoms with van der Waals surface area (Å²) in [7, 11) is 0. The van der Waals surface area contributed by atoms with Crippen molar-refractivity contribution < 1.29 is 13.2 Å². The highest BCUT2D eigenvalue weighted by Crippen LogP contribution is 2.53. The summed E-state index contributed by atoms with van der Waals surface area (Å²) in [5.74, 6) is 0.810. The molecule has 1 saturated heterocycles. The van der Waals surface area contributed by atoms with Crippen molar-refractivity contribution >= 4 is 5.96 Å². The summed E-state index contributed by atoms with van der Waals surface area (Å²) in [4.78, 5) is 5.96. The second kappa shape index (κ2) is 5.21. The largest absolute Gasteiger partial charge is 0.396 e. The fourth-order valence-electron chi connectivity index (χ4n) is 2.86. The third kappa shape index (κ3) is 2.98. The van der Waals surface area contributed by atoms with Gasteiger partial charge in [-0.25, -0.2) is 0 Å². The van der Waals surface area contributed by atoms with Gasteiger partial charge < -0.3 is 10.6 Å². The predicted molar refractivity (Wildman–Crippen MR) is 68.8 cm³/mol. The topological polar surface area (TPSA) is 41.6 Å². The van der Waals surface area contributed by atoms with Crippen LogP contribution in [-0.2, 0) is 0 Å². The molecule has 0 spiro atoms. The van der Waals surface area contributed by atoms with Gasteiger partial charge in [-0.3, -0.25) is 4.99 Å². The Labute approximate surface area is 112 Å². The molecule has 19 heavy (non-hydrogen) atoms. The van der Waals surface area contributed by atoms with Crippen molar-refractivity contribution in [1.29, 1.82) is 0 Å². The van der Waals surface area contributed by atoms with Crippen molar-refractivity contribution in [2.45, 2.75) is 45.2 Å². The van der Waals surface area contributed by atoms with E-state index in [9.17, 15) is 13.2 Å². The van der Waals surface area contributed by atoms with Crippen molar-refractivity contribution in [2.75, 3.05) is 19.6 Å². The molecule has 2 rings (SSSR count). The average molecular weight is 277 g/mol. The fourth-order valence-corrected chi connectivity index (χ4v) is 2.86. The van der Waals surface area contributed by atoms with Gasteiger partial charge in [0, 0.05) is 13.1 Å². The molecule has 1 aliphatic carbocycles. The normalized spacial score (nSPS) is 28.1. The Bertz CT molecular complexity index is 348. The van der Waals surface area contributed by atoms with Crippen LogP contribution in [0.15, 0.2) is 4.99 Å². The van der Waals surface area contributed by atoms with Crippen LogP contribution in [0.2, 0.25) is 0 Å². The van der Waals surface area contributed by atoms with Gasteiger partial charge >= 0.3 is 6.18 Å². The molecule has 0 aromatic heterocycles. The minimum atomic E-state index is -4.16. The SMILES string of the molecule is CC1CCCN(C(N)=NCC2(C(F)(F)F)CCC2)C1. The molecule has 2 N–H and O–H groups in total. The Hall–Kier alpha value is -0.940. The van der Waals surface area contributed by atoms with Crippen LogP contribution in [0, 0.1) is 11.3 Å². The molecule has 0 radical (unpaired) electrons. The molecule has 2 aliphatic rings. The first-order chi connectivity index (χ1) is 8.84. The number of rotatable bonds is 2. The van der Waals surface area contributed by atoms with Gasteiger partial charge in [0.15, 0.2) is 5.96 Å². The molecule has 110 valence electrons. The summed E-state index contributed by atoms with van der Waals surface area (Å²) in [5, 5.41) is 0. The van der Waals surface area contributed by atoms with Crippen LogP contribution in [0.1, 0.15) is 39.0 Å². The number of halogens is 3. The summed E-state index contributed by atoms with van der Waals surface area (Å²) >= 11 is 0. The van der Waals surface area contributed by atoms with Gasteiger partial charge in [0.2, 0.25) is 0 Å². The third-order valence-electron chi connectivity index (χ3n) is 4.44. The maximum atomic E-state index is 13.0. The zero-order chi connectivity index (χ0) is 14.1. The third-order valence-corrected chi connectivity index (χ3v) is 4.44. The van der Waals surface area contributed by atoms with Crippen LogP contribution in [0.25, 0.3) is 0 Å². The number of nitrogens with two attached hydrogens (primary N) is 1. The second-order valence-corrected chi connectivity index (χ2v) is 6.00. The average Bonchev–Trinajstić information content (AvgIpc) is 2.25. The Balaban J connectivity index is 1.97. The zero-order valence-electron chi connectivity index (χ0n) is 11.3. The number of nitrogens with zero attached hydrogens (tertiary/aromatic N) is 2. The molecular formula is C13H22F3N3. The highest BCUT2D eigenvalue weighted by atomic mass is 19.4. The van der Waals surface area contributed by atoms with Gasteiger partial charge in [-0.15, -0.1) is 0 Å². The van der Waals surface area contributed by atoms with Crippen molar-refractivity contribution in [3.8, 4) is 0 Å². The van der Waals surface area contributed by atoms with E-state index in [1.54, 1.807) is 0 Å². The van der Waals surface area contributed by atoms with Gasteiger partial charge in [0.25, 0.3) is 0 Å². The fraction of sp³-hybridized carbons (Fsp3) is 0.923. The molecule has 1 saturated carbocycles. The quantitative estimate of drug-likeness (QED) is 0.623. The van der Waals surface area contributed by atoms with E-state index >= 15 is 0 Å². The number of piperidine rings is 1. The van der Waals surface area contributed by atoms with Gasteiger partial charge in [-0.1, -0.05) is 13.3 Å². The van der Waals surface area contributed by atoms with Crippen LogP contribution in [0.5, 0.6) is 0 Å². The summed E-state index contributed by atoms with van der Waals surface area (Å²) in [6, 6.07) is 0. The molecular weight excluding hydrogens is 255 g/mol. The highest BCUT2D eigenvalue weighted by molar-refractivity contribution is 5.78. The van der Waals surface area contributed by atoms with E-state index in [2.05, 4.69) is 11.9 Å². The summed E-state index contributed by atoms with van der Waals surface area (Å²) < 4.78 is 39.0. The van der Waals surface area contributed by atoms with Crippen molar-refractivity contribution in [1.82, 2.24) is 4.90 Å². The standard InChI is InChI=1S/C13H22F3N3/c1-10-4-2-7-19(8-10)11(17)18-9-12(5-3-6-12)13(14,15)16/h10H,2-9H2,1H3,(H2,17,18). The van der Waals surface area contributed by atoms with Gasteiger partial charge in [0.1, 0.15) is 0 Å². The maximum absolute atomic E-state index is 13.0. The minimum Gasteiger partial charge on any atom is -0.370 e. The zero-order valence-corrected chi connectivity index (χ0v) is 11.3. The second-order valence-electron chi connectivity index (χ2n) is 6.00. The Morgan fingerprint density at radius 2 is 2.05 bits per heavy atom. The lowest BCUT2D eigenvalue weighted by molar-refractivity contribution is -0.246. The van der Waals surface area contributed by atoms with Gasteiger partial charge in [-0.05, 0) is 31.6 Å². The van der Waals surface area contributed by atoms with Gasteiger partial charge in [-0.2, -0.15) is 13.2 Å². The molecule has 0 bridgehead atoms. The molecule has 2 fully saturated rings. The first-order valence-corrected chi connectivity index (χ1v) is 6.96. The van der Waals surface area contributed by atoms with Crippen LogP contribution >= 0.6 is 0 Å². The number of hydrogen-bond donors (Lipinski definition) is 1. The number of likely N-dealkylation sites (tertiary alicyclic amines) is 1. The van der Waals surface area contributed by atoms with Crippen molar-refractivity contribution in [3.63, 3.8) is 0 Å². The predicted octanol–water partition coefficient (Wildman–Crippen LogP) is 2.77. The van der Waals surface area contributed by atoms with E-state index in [-0.39, 0.29) is 25.3 Å². The molecule has 0 aromatic carbocycles. The Kier molecular flexibility index (Phi) is 3.97. The molecule has 6 heteroatoms. The lowest BCUT2D eigenvalue weighted by Gasteiger charge is -2.42. The van der Waals surface area contributed by atoms with Crippen LogP contribution in [0.4, 0.5) is 13.2 Å². The number of alkyl halides is 3. The molecule has 1 heterocycles. The maximum Gasteiger partial charge on any atom is 0.396 e. The lowest BCUT2D eigenvalue weighted by atomic mass is 9.68. The number of guanidine groups is 1. The van der Waals surface area contributed by atoms with Crippen LogP contribution in [-0.4, -0.2) is 36.7 Å². The summed E-state index contributed by atoms with van der Waals surface area (Å²) in [6.07, 6.45) is -0.981.